The molecule has 0 aliphatic heterocycles. The molecule has 1 aromatic carbocycles. The van der Waals surface area contributed by atoms with Crippen LogP contribution in [-0.4, -0.2) is 18.8 Å². The summed E-state index contributed by atoms with van der Waals surface area (Å²) in [6.07, 6.45) is 0.594. The normalized spacial score (nSPS) is 11.9. The highest BCUT2D eigenvalue weighted by atomic mass is 35.5. The molecule has 0 saturated heterocycles. The first-order valence-electron chi connectivity index (χ1n) is 4.72. The van der Waals surface area contributed by atoms with Crippen molar-refractivity contribution in [2.24, 2.45) is 5.73 Å². The minimum atomic E-state index is -0.0863. The van der Waals surface area contributed by atoms with Crippen molar-refractivity contribution in [3.05, 3.63) is 35.4 Å². The van der Waals surface area contributed by atoms with Crippen LogP contribution in [-0.2, 0) is 11.3 Å². The van der Waals surface area contributed by atoms with E-state index in [0.717, 1.165) is 11.1 Å². The van der Waals surface area contributed by atoms with Gasteiger partial charge < -0.3 is 15.6 Å². The summed E-state index contributed by atoms with van der Waals surface area (Å²) in [7, 11) is 1.67. The van der Waals surface area contributed by atoms with Crippen molar-refractivity contribution in [2.75, 3.05) is 13.7 Å². The largest absolute Gasteiger partial charge is 0.396 e. The van der Waals surface area contributed by atoms with Gasteiger partial charge in [-0.1, -0.05) is 24.3 Å². The summed E-state index contributed by atoms with van der Waals surface area (Å²) in [4.78, 5) is 0. The zero-order chi connectivity index (χ0) is 10.4. The van der Waals surface area contributed by atoms with Gasteiger partial charge in [0, 0.05) is 19.8 Å². The number of hydrogen-bond donors (Lipinski definition) is 2. The Kier molecular flexibility index (Phi) is 7.34. The smallest absolute Gasteiger partial charge is 0.0713 e. The Morgan fingerprint density at radius 3 is 2.80 bits per heavy atom. The lowest BCUT2D eigenvalue weighted by atomic mass is 10.0. The quantitative estimate of drug-likeness (QED) is 0.810. The molecule has 1 unspecified atom stereocenters. The summed E-state index contributed by atoms with van der Waals surface area (Å²) in [6.45, 7) is 0.718. The van der Waals surface area contributed by atoms with Crippen molar-refractivity contribution in [2.45, 2.75) is 19.1 Å². The third-order valence-corrected chi connectivity index (χ3v) is 2.13. The second-order valence-electron chi connectivity index (χ2n) is 3.30. The lowest BCUT2D eigenvalue weighted by molar-refractivity contribution is 0.185. The molecule has 0 spiro atoms. The van der Waals surface area contributed by atoms with E-state index in [1.54, 1.807) is 7.11 Å². The van der Waals surface area contributed by atoms with Crippen LogP contribution >= 0.6 is 12.4 Å². The van der Waals surface area contributed by atoms with Crippen LogP contribution in [0.5, 0.6) is 0 Å². The first-order chi connectivity index (χ1) is 6.77. The van der Waals surface area contributed by atoms with E-state index >= 15 is 0 Å². The fraction of sp³-hybridized carbons (Fsp3) is 0.455. The monoisotopic (exact) mass is 231 g/mol. The molecule has 1 rings (SSSR count). The van der Waals surface area contributed by atoms with E-state index in [0.29, 0.717) is 13.0 Å². The predicted molar refractivity (Wildman–Crippen MR) is 63.0 cm³/mol. The number of nitrogens with two attached hydrogens (primary N) is 1. The molecule has 0 aliphatic rings. The van der Waals surface area contributed by atoms with Crippen LogP contribution in [0.1, 0.15) is 23.6 Å². The van der Waals surface area contributed by atoms with Crippen LogP contribution in [0, 0.1) is 0 Å². The molecule has 0 heterocycles. The van der Waals surface area contributed by atoms with Crippen molar-refractivity contribution >= 4 is 12.4 Å². The molecular weight excluding hydrogens is 214 g/mol. The molecule has 3 N–H and O–H groups in total. The van der Waals surface area contributed by atoms with Crippen LogP contribution in [0.4, 0.5) is 0 Å². The molecule has 3 nitrogen and oxygen atoms in total. The molecule has 0 aromatic heterocycles. The fourth-order valence-corrected chi connectivity index (χ4v) is 1.39. The Balaban J connectivity index is 0.00000196. The van der Waals surface area contributed by atoms with Crippen LogP contribution in [0.2, 0.25) is 0 Å². The lowest BCUT2D eigenvalue weighted by Crippen LogP contribution is -2.12. The van der Waals surface area contributed by atoms with E-state index in [4.69, 9.17) is 15.6 Å². The number of aliphatic hydroxyl groups is 1. The summed E-state index contributed by atoms with van der Waals surface area (Å²) >= 11 is 0. The summed E-state index contributed by atoms with van der Waals surface area (Å²) in [6, 6.07) is 7.86. The van der Waals surface area contributed by atoms with Gasteiger partial charge >= 0.3 is 0 Å². The summed E-state index contributed by atoms with van der Waals surface area (Å²) < 4.78 is 5.03. The average molecular weight is 232 g/mol. The number of hydrogen-bond acceptors (Lipinski definition) is 3. The maximum absolute atomic E-state index is 8.77. The van der Waals surface area contributed by atoms with Crippen molar-refractivity contribution in [1.82, 2.24) is 0 Å². The first-order valence-corrected chi connectivity index (χ1v) is 4.72. The molecule has 0 bridgehead atoms. The van der Waals surface area contributed by atoms with Crippen LogP contribution in [0.15, 0.2) is 24.3 Å². The van der Waals surface area contributed by atoms with E-state index in [1.807, 2.05) is 24.3 Å². The Bertz CT molecular complexity index is 281. The molecule has 0 saturated carbocycles. The number of benzene rings is 1. The Morgan fingerprint density at radius 1 is 1.47 bits per heavy atom. The van der Waals surface area contributed by atoms with Gasteiger partial charge in [0.2, 0.25) is 0 Å². The summed E-state index contributed by atoms with van der Waals surface area (Å²) in [5.41, 5.74) is 8.03. The molecule has 1 atom stereocenters. The number of halogens is 1. The molecule has 0 radical (unpaired) electrons. The van der Waals surface area contributed by atoms with Crippen molar-refractivity contribution in [3.8, 4) is 0 Å². The number of ether oxygens (including phenoxy) is 1. The second-order valence-corrected chi connectivity index (χ2v) is 3.30. The average Bonchev–Trinajstić information content (AvgIpc) is 2.19. The molecule has 15 heavy (non-hydrogen) atoms. The number of aliphatic hydroxyl groups excluding tert-OH is 1. The maximum atomic E-state index is 8.77. The van der Waals surface area contributed by atoms with Crippen molar-refractivity contribution in [1.29, 1.82) is 0 Å². The van der Waals surface area contributed by atoms with Crippen LogP contribution in [0.3, 0.4) is 0 Å². The van der Waals surface area contributed by atoms with Gasteiger partial charge in [-0.2, -0.15) is 0 Å². The van der Waals surface area contributed by atoms with Crippen molar-refractivity contribution < 1.29 is 9.84 Å². The maximum Gasteiger partial charge on any atom is 0.0713 e. The topological polar surface area (TPSA) is 55.5 Å². The first kappa shape index (κ1) is 14.4. The zero-order valence-electron chi connectivity index (χ0n) is 8.85. The van der Waals surface area contributed by atoms with Crippen LogP contribution in [0.25, 0.3) is 0 Å². The third kappa shape index (κ3) is 4.62. The molecule has 0 amide bonds. The molecule has 4 heteroatoms. The zero-order valence-corrected chi connectivity index (χ0v) is 9.67. The fourth-order valence-electron chi connectivity index (χ4n) is 1.39. The van der Waals surface area contributed by atoms with Gasteiger partial charge in [-0.15, -0.1) is 12.4 Å². The molecule has 86 valence electrons. The highest BCUT2D eigenvalue weighted by Crippen LogP contribution is 2.15. The molecular formula is C11H18ClNO2. The van der Waals surface area contributed by atoms with Crippen molar-refractivity contribution in [3.63, 3.8) is 0 Å². The van der Waals surface area contributed by atoms with Gasteiger partial charge in [-0.25, -0.2) is 0 Å². The van der Waals surface area contributed by atoms with E-state index in [9.17, 15) is 0 Å². The minimum Gasteiger partial charge on any atom is -0.396 e. The summed E-state index contributed by atoms with van der Waals surface area (Å²) in [5, 5.41) is 8.77. The van der Waals surface area contributed by atoms with Gasteiger partial charge in [0.25, 0.3) is 0 Å². The van der Waals surface area contributed by atoms with Gasteiger partial charge in [-0.05, 0) is 17.5 Å². The van der Waals surface area contributed by atoms with E-state index < -0.39 is 0 Å². The molecule has 0 fully saturated rings. The highest BCUT2D eigenvalue weighted by Gasteiger charge is 2.05. The third-order valence-electron chi connectivity index (χ3n) is 2.13. The number of methoxy groups -OCH3 is 1. The van der Waals surface area contributed by atoms with Gasteiger partial charge in [0.05, 0.1) is 6.61 Å². The minimum absolute atomic E-state index is 0. The SMILES string of the molecule is COCc1cccc(C(N)CCO)c1.Cl. The highest BCUT2D eigenvalue weighted by molar-refractivity contribution is 5.85. The summed E-state index contributed by atoms with van der Waals surface area (Å²) in [5.74, 6) is 0. The Labute approximate surface area is 96.7 Å². The van der Waals surface area contributed by atoms with Gasteiger partial charge in [-0.3, -0.25) is 0 Å². The molecule has 1 aromatic rings. The Morgan fingerprint density at radius 2 is 2.20 bits per heavy atom. The van der Waals surface area contributed by atoms with Crippen LogP contribution < -0.4 is 5.73 Å². The van der Waals surface area contributed by atoms with Gasteiger partial charge in [0.1, 0.15) is 0 Å². The standard InChI is InChI=1S/C11H17NO2.ClH/c1-14-8-9-3-2-4-10(7-9)11(12)5-6-13;/h2-4,7,11,13H,5-6,8,12H2,1H3;1H. The van der Waals surface area contributed by atoms with E-state index in [-0.39, 0.29) is 25.1 Å². The van der Waals surface area contributed by atoms with E-state index in [2.05, 4.69) is 0 Å². The molecule has 0 aliphatic carbocycles. The number of rotatable bonds is 5. The van der Waals surface area contributed by atoms with E-state index in [1.165, 1.54) is 0 Å². The van der Waals surface area contributed by atoms with Gasteiger partial charge in [0.15, 0.2) is 0 Å². The lowest BCUT2D eigenvalue weighted by Gasteiger charge is -2.11. The second kappa shape index (κ2) is 7.65. The Hall–Kier alpha value is -0.610. The predicted octanol–water partition coefficient (Wildman–Crippen LogP) is 1.64.